The third-order valence-electron chi connectivity index (χ3n) is 28.0. The topological polar surface area (TPSA) is 289 Å². The van der Waals surface area contributed by atoms with Crippen LogP contribution in [0.2, 0.25) is 0 Å². The van der Waals surface area contributed by atoms with Crippen LogP contribution in [-0.4, -0.2) is 110 Å². The molecule has 0 saturated heterocycles. The number of hydrogen-bond donors (Lipinski definition) is 0. The quantitative estimate of drug-likeness (QED) is 0.00688. The van der Waals surface area contributed by atoms with E-state index in [1.807, 2.05) is 109 Å². The largest absolute Gasteiger partial charge is 0.465 e. The minimum atomic E-state index is -1.13. The van der Waals surface area contributed by atoms with Crippen molar-refractivity contribution in [3.63, 3.8) is 0 Å². The van der Waals surface area contributed by atoms with Crippen LogP contribution in [0.15, 0.2) is 202 Å². The summed E-state index contributed by atoms with van der Waals surface area (Å²) in [6, 6.07) is 48.6. The van der Waals surface area contributed by atoms with Crippen LogP contribution in [-0.2, 0) is 81.0 Å². The molecule has 6 fully saturated rings. The Balaban J connectivity index is 0.000000261. The zero-order chi connectivity index (χ0) is 103. The van der Waals surface area contributed by atoms with Gasteiger partial charge in [0.25, 0.3) is 0 Å². The summed E-state index contributed by atoms with van der Waals surface area (Å²) in [4.78, 5) is 139. The summed E-state index contributed by atoms with van der Waals surface area (Å²) in [5, 5.41) is 0. The first kappa shape index (κ1) is 109. The van der Waals surface area contributed by atoms with Crippen molar-refractivity contribution >= 4 is 65.7 Å². The molecule has 22 nitrogen and oxygen atoms in total. The van der Waals surface area contributed by atoms with Crippen molar-refractivity contribution in [1.82, 2.24) is 0 Å². The van der Waals surface area contributed by atoms with Crippen LogP contribution >= 0.6 is 0 Å². The fourth-order valence-electron chi connectivity index (χ4n) is 19.1. The number of ether oxygens (including phenoxy) is 11. The molecule has 0 bridgehead atoms. The molecular weight excluding hydrogens is 1830 g/mol. The normalized spacial score (nSPS) is 21.2. The zero-order valence-corrected chi connectivity index (χ0v) is 82.6. The molecule has 750 valence electrons. The molecule has 0 spiro atoms. The van der Waals surface area contributed by atoms with Crippen molar-refractivity contribution in [3.05, 3.63) is 269 Å². The molecule has 0 amide bonds. The molecule has 0 radical (unpaired) electrons. The van der Waals surface area contributed by atoms with Crippen LogP contribution < -0.4 is 14.2 Å². The Morgan fingerprint density at radius 3 is 1.03 bits per heavy atom. The SMILES string of the molecule is C#Cc1ccc(C#Cc2ccc(C#CC3(OC(=O)c4ccc(OC(=O)C5CCC(C(=O)OCCCCCCCCOC(=O)C=C)CC5)c(C#C)c4)CCC(C4CCC(C)CC4)CC3)cc2)cc1.C#Cc1ccc(C#Cc2ccc(C#CC3(OC(=O)c4ccc(OC(=O)C5CCC(C(=O)OCCCCOC(=O)C=C)CC5)cc4)CCC(c4ccc(OC(=O)C5CCC(C(=O)OCOC(=O)C=C)CC5)cc4)CC3)cc2)cc1. The van der Waals surface area contributed by atoms with Crippen molar-refractivity contribution < 1.29 is 105 Å². The van der Waals surface area contributed by atoms with E-state index in [0.29, 0.717) is 159 Å². The first-order valence-electron chi connectivity index (χ1n) is 50.6. The minimum Gasteiger partial charge on any atom is -0.465 e. The summed E-state index contributed by atoms with van der Waals surface area (Å²) in [6.07, 6.45) is 43.0. The predicted octanol–water partition coefficient (Wildman–Crippen LogP) is 21.4. The van der Waals surface area contributed by atoms with E-state index < -0.39 is 77.6 Å². The molecule has 6 aliphatic carbocycles. The first-order chi connectivity index (χ1) is 70.4. The Morgan fingerprint density at radius 2 is 0.634 bits per heavy atom. The van der Waals surface area contributed by atoms with Gasteiger partial charge in [-0.3, -0.25) is 28.8 Å². The number of carbonyl (C=O) groups is 11. The van der Waals surface area contributed by atoms with Gasteiger partial charge in [-0.1, -0.05) is 131 Å². The van der Waals surface area contributed by atoms with E-state index in [1.165, 1.54) is 31.8 Å². The number of esters is 11. The van der Waals surface area contributed by atoms with Crippen LogP contribution in [0.25, 0.3) is 0 Å². The number of benzene rings is 7. The molecule has 0 N–H and O–H groups in total. The highest BCUT2D eigenvalue weighted by Crippen LogP contribution is 2.46. The Morgan fingerprint density at radius 1 is 0.317 bits per heavy atom. The summed E-state index contributed by atoms with van der Waals surface area (Å²) in [5.41, 5.74) is 6.21. The molecule has 6 saturated carbocycles. The Bertz CT molecular complexity index is 6080. The third-order valence-corrected chi connectivity index (χ3v) is 28.0. The van der Waals surface area contributed by atoms with Crippen molar-refractivity contribution in [2.45, 2.75) is 230 Å². The van der Waals surface area contributed by atoms with Gasteiger partial charge < -0.3 is 52.1 Å². The highest BCUT2D eigenvalue weighted by molar-refractivity contribution is 5.92. The molecule has 0 aromatic heterocycles. The number of terminal acetylenes is 3. The van der Waals surface area contributed by atoms with E-state index in [9.17, 15) is 52.7 Å². The molecule has 7 aromatic rings. The van der Waals surface area contributed by atoms with Crippen LogP contribution in [0.1, 0.15) is 295 Å². The lowest BCUT2D eigenvalue weighted by Crippen LogP contribution is -2.39. The summed E-state index contributed by atoms with van der Waals surface area (Å²) in [6.45, 7) is 13.1. The fraction of sp³-hybridized carbons (Fsp3) is 0.407. The van der Waals surface area contributed by atoms with E-state index in [0.717, 1.165) is 120 Å². The molecule has 0 atom stereocenters. The average Bonchev–Trinajstić information content (AvgIpc) is 0.812. The third kappa shape index (κ3) is 34.3. The maximum atomic E-state index is 14.0. The Kier molecular flexibility index (Phi) is 42.0. The van der Waals surface area contributed by atoms with Crippen molar-refractivity contribution in [3.8, 4) is 102 Å². The molecule has 0 unspecified atom stereocenters. The molecule has 6 aliphatic rings. The van der Waals surface area contributed by atoms with Gasteiger partial charge in [0.2, 0.25) is 6.79 Å². The van der Waals surface area contributed by atoms with E-state index in [1.54, 1.807) is 54.6 Å². The van der Waals surface area contributed by atoms with Gasteiger partial charge >= 0.3 is 65.7 Å². The van der Waals surface area contributed by atoms with Crippen molar-refractivity contribution in [1.29, 1.82) is 0 Å². The second-order valence-corrected chi connectivity index (χ2v) is 38.0. The molecule has 145 heavy (non-hydrogen) atoms. The van der Waals surface area contributed by atoms with Gasteiger partial charge in [-0.05, 0) is 360 Å². The van der Waals surface area contributed by atoms with E-state index in [2.05, 4.69) is 91.8 Å². The van der Waals surface area contributed by atoms with Gasteiger partial charge in [0.05, 0.1) is 78.6 Å². The van der Waals surface area contributed by atoms with Crippen LogP contribution in [0.5, 0.6) is 17.2 Å². The lowest BCUT2D eigenvalue weighted by molar-refractivity contribution is -0.169. The van der Waals surface area contributed by atoms with Crippen molar-refractivity contribution in [2.24, 2.45) is 53.3 Å². The zero-order valence-electron chi connectivity index (χ0n) is 82.6. The van der Waals surface area contributed by atoms with Gasteiger partial charge in [0.15, 0.2) is 11.2 Å². The highest BCUT2D eigenvalue weighted by atomic mass is 16.7. The standard InChI is InChI=1S/C64H62O14.C59H64O8/c1-4-44-9-11-45(12-10-44)13-14-46-15-17-47(18-16-46)35-38-64(39-36-49(37-40-64)48-27-31-55(32-28-48)76-61(69)53-25-21-51(22-26-53)60(68)75-43-74-58(66)6-3)78-63(71)54-29-33-56(34-30-54)77-62(70)52-23-19-50(20-24-52)59(67)73-42-8-7-41-72-57(65)5-2;1-5-44-16-18-45(19-17-44)20-21-46-22-24-47(25-23-46)34-37-59(38-35-50(36-39-59)49-26-14-43(4)15-27-49)67-58(63)53-32-33-54(48(6-2)42-53)66-57(62)52-30-28-51(29-31-52)56(61)65-41-13-11-9-8-10-12-40-64-55(60)7-3/h1,5-6,9-12,15-18,27-34,49-53H,2-3,7-8,19-26,36-37,39-43H2;1-2,7,16-19,22-25,32-33,42-43,49-52H,3,8-15,26-31,35-36,38-41H2,4H3. The molecule has 0 heterocycles. The smallest absolute Gasteiger partial charge is 0.339 e. The van der Waals surface area contributed by atoms with Crippen LogP contribution in [0.3, 0.4) is 0 Å². The van der Waals surface area contributed by atoms with E-state index >= 15 is 0 Å². The highest BCUT2D eigenvalue weighted by Gasteiger charge is 2.43. The van der Waals surface area contributed by atoms with Crippen LogP contribution in [0, 0.1) is 138 Å². The first-order valence-corrected chi connectivity index (χ1v) is 50.6. The maximum absolute atomic E-state index is 14.0. The van der Waals surface area contributed by atoms with Crippen molar-refractivity contribution in [2.75, 3.05) is 33.2 Å². The molecule has 13 rings (SSSR count). The molecule has 0 aliphatic heterocycles. The Hall–Kier alpha value is -15.2. The van der Waals surface area contributed by atoms with E-state index in [4.69, 9.17) is 71.4 Å². The number of carbonyl (C=O) groups excluding carboxylic acids is 11. The van der Waals surface area contributed by atoms with Gasteiger partial charge in [-0.25, -0.2) is 24.0 Å². The second kappa shape index (κ2) is 56.0. The summed E-state index contributed by atoms with van der Waals surface area (Å²) < 4.78 is 60.8. The summed E-state index contributed by atoms with van der Waals surface area (Å²) in [7, 11) is 0. The Labute approximate surface area is 851 Å². The number of rotatable bonds is 34. The lowest BCUT2D eigenvalue weighted by atomic mass is 9.68. The molecule has 7 aromatic carbocycles. The summed E-state index contributed by atoms with van der Waals surface area (Å²) in [5.74, 6) is 29.9. The molecular formula is C123H126O22. The maximum Gasteiger partial charge on any atom is 0.339 e. The van der Waals surface area contributed by atoms with Gasteiger partial charge in [0, 0.05) is 62.7 Å². The minimum absolute atomic E-state index is 0.107. The van der Waals surface area contributed by atoms with Gasteiger partial charge in [-0.2, -0.15) is 0 Å². The predicted molar refractivity (Wildman–Crippen MR) is 547 cm³/mol. The second-order valence-electron chi connectivity index (χ2n) is 38.0. The molecule has 22 heteroatoms. The average molecular weight is 1960 g/mol. The van der Waals surface area contributed by atoms with Gasteiger partial charge in [0.1, 0.15) is 17.2 Å². The number of hydrogen-bond acceptors (Lipinski definition) is 22. The van der Waals surface area contributed by atoms with Gasteiger partial charge in [-0.15, -0.1) is 19.3 Å². The summed E-state index contributed by atoms with van der Waals surface area (Å²) >= 11 is 0. The van der Waals surface area contributed by atoms with E-state index in [-0.39, 0.29) is 88.9 Å². The van der Waals surface area contributed by atoms with Crippen LogP contribution in [0.4, 0.5) is 0 Å². The number of unbranched alkanes of at least 4 members (excludes halogenated alkanes) is 6. The monoisotopic (exact) mass is 1950 g/mol. The lowest BCUT2D eigenvalue weighted by Gasteiger charge is -2.40. The fourth-order valence-corrected chi connectivity index (χ4v) is 19.1.